The minimum absolute atomic E-state index is 0.0956. The highest BCUT2D eigenvalue weighted by Crippen LogP contribution is 2.27. The number of hydrogen-bond donors (Lipinski definition) is 1. The molecule has 1 aromatic rings. The normalized spacial score (nSPS) is 10.3. The average molecular weight is 348 g/mol. The molecule has 0 heterocycles. The molecule has 19 heavy (non-hydrogen) atoms. The number of primary amides is 1. The van der Waals surface area contributed by atoms with Gasteiger partial charge in [-0.3, -0.25) is 9.59 Å². The lowest BCUT2D eigenvalue weighted by Crippen LogP contribution is -2.39. The number of nitrogens with zero attached hydrogens (tertiary/aromatic N) is 1. The van der Waals surface area contributed by atoms with Crippen molar-refractivity contribution in [1.29, 1.82) is 0 Å². The number of halogens is 2. The van der Waals surface area contributed by atoms with Crippen LogP contribution in [-0.4, -0.2) is 29.8 Å². The maximum atomic E-state index is 12.4. The van der Waals surface area contributed by atoms with E-state index in [1.54, 1.807) is 18.2 Å². The summed E-state index contributed by atoms with van der Waals surface area (Å²) in [5.41, 5.74) is 5.54. The molecule has 0 spiro atoms. The van der Waals surface area contributed by atoms with E-state index in [1.807, 2.05) is 6.92 Å². The van der Waals surface area contributed by atoms with Crippen LogP contribution in [0.25, 0.3) is 0 Å². The Morgan fingerprint density at radius 2 is 2.11 bits per heavy atom. The maximum absolute atomic E-state index is 12.4. The van der Waals surface area contributed by atoms with E-state index in [0.717, 1.165) is 12.8 Å². The monoisotopic (exact) mass is 346 g/mol. The first kappa shape index (κ1) is 16.0. The van der Waals surface area contributed by atoms with Crippen LogP contribution in [0.1, 0.15) is 30.1 Å². The zero-order valence-corrected chi connectivity index (χ0v) is 13.0. The smallest absolute Gasteiger partial charge is 0.255 e. The van der Waals surface area contributed by atoms with Crippen molar-refractivity contribution in [2.24, 2.45) is 5.73 Å². The highest BCUT2D eigenvalue weighted by molar-refractivity contribution is 9.10. The quantitative estimate of drug-likeness (QED) is 0.860. The summed E-state index contributed by atoms with van der Waals surface area (Å²) in [6.07, 6.45) is 1.74. The third-order valence-electron chi connectivity index (χ3n) is 2.60. The fourth-order valence-electron chi connectivity index (χ4n) is 1.63. The minimum Gasteiger partial charge on any atom is -0.368 e. The van der Waals surface area contributed by atoms with Gasteiger partial charge in [-0.05, 0) is 34.5 Å². The molecular formula is C13H16BrClN2O2. The lowest BCUT2D eigenvalue weighted by molar-refractivity contribution is -0.118. The summed E-state index contributed by atoms with van der Waals surface area (Å²) >= 11 is 9.36. The highest BCUT2D eigenvalue weighted by Gasteiger charge is 2.20. The third-order valence-corrected chi connectivity index (χ3v) is 3.89. The van der Waals surface area contributed by atoms with Crippen LogP contribution in [0.15, 0.2) is 22.7 Å². The fourth-order valence-corrected chi connectivity index (χ4v) is 2.20. The Hall–Kier alpha value is -1.07. The van der Waals surface area contributed by atoms with Gasteiger partial charge in [0.1, 0.15) is 0 Å². The van der Waals surface area contributed by atoms with Crippen LogP contribution in [0.5, 0.6) is 0 Å². The Balaban J connectivity index is 2.97. The van der Waals surface area contributed by atoms with Gasteiger partial charge in [-0.1, -0.05) is 31.0 Å². The summed E-state index contributed by atoms with van der Waals surface area (Å²) in [6.45, 7) is 2.40. The molecule has 4 nitrogen and oxygen atoms in total. The zero-order chi connectivity index (χ0) is 14.4. The van der Waals surface area contributed by atoms with Crippen molar-refractivity contribution >= 4 is 39.3 Å². The first-order valence-electron chi connectivity index (χ1n) is 5.99. The Morgan fingerprint density at radius 3 is 2.68 bits per heavy atom. The molecule has 0 aromatic heterocycles. The van der Waals surface area contributed by atoms with Crippen molar-refractivity contribution in [2.75, 3.05) is 13.1 Å². The van der Waals surface area contributed by atoms with Gasteiger partial charge in [0, 0.05) is 11.0 Å². The van der Waals surface area contributed by atoms with E-state index in [-0.39, 0.29) is 12.5 Å². The van der Waals surface area contributed by atoms with Crippen LogP contribution in [0.3, 0.4) is 0 Å². The molecule has 0 fully saturated rings. The lowest BCUT2D eigenvalue weighted by atomic mass is 10.2. The minimum atomic E-state index is -0.532. The third kappa shape index (κ3) is 4.51. The Bertz CT molecular complexity index is 480. The molecule has 0 atom stereocenters. The van der Waals surface area contributed by atoms with Crippen LogP contribution in [0.2, 0.25) is 5.02 Å². The van der Waals surface area contributed by atoms with Gasteiger partial charge in [-0.2, -0.15) is 0 Å². The van der Waals surface area contributed by atoms with Crippen LogP contribution >= 0.6 is 27.5 Å². The van der Waals surface area contributed by atoms with Gasteiger partial charge in [-0.25, -0.2) is 0 Å². The van der Waals surface area contributed by atoms with E-state index in [4.69, 9.17) is 17.3 Å². The molecule has 0 aliphatic heterocycles. The summed E-state index contributed by atoms with van der Waals surface area (Å²) < 4.78 is 0.648. The maximum Gasteiger partial charge on any atom is 0.255 e. The number of amides is 2. The van der Waals surface area contributed by atoms with E-state index in [1.165, 1.54) is 4.90 Å². The van der Waals surface area contributed by atoms with E-state index < -0.39 is 5.91 Å². The molecule has 0 saturated carbocycles. The topological polar surface area (TPSA) is 63.4 Å². The highest BCUT2D eigenvalue weighted by atomic mass is 79.9. The predicted molar refractivity (Wildman–Crippen MR) is 79.2 cm³/mol. The van der Waals surface area contributed by atoms with Crippen molar-refractivity contribution < 1.29 is 9.59 Å². The predicted octanol–water partition coefficient (Wildman–Crippen LogP) is 2.83. The molecule has 0 unspecified atom stereocenters. The number of hydrogen-bond acceptors (Lipinski definition) is 2. The number of benzene rings is 1. The molecule has 1 aromatic carbocycles. The second-order valence-electron chi connectivity index (χ2n) is 4.15. The van der Waals surface area contributed by atoms with Crippen molar-refractivity contribution in [2.45, 2.75) is 19.8 Å². The standard InChI is InChI=1S/C13H16BrClN2O2/c1-2-3-7-17(8-11(16)18)13(19)9-5-4-6-10(14)12(9)15/h4-6H,2-3,7-8H2,1H3,(H2,16,18). The second-order valence-corrected chi connectivity index (χ2v) is 5.38. The molecular weight excluding hydrogens is 332 g/mol. The summed E-state index contributed by atoms with van der Waals surface area (Å²) in [7, 11) is 0. The average Bonchev–Trinajstić information content (AvgIpc) is 2.36. The lowest BCUT2D eigenvalue weighted by Gasteiger charge is -2.21. The van der Waals surface area contributed by atoms with Gasteiger partial charge in [0.05, 0.1) is 17.1 Å². The molecule has 6 heteroatoms. The van der Waals surface area contributed by atoms with E-state index in [2.05, 4.69) is 15.9 Å². The summed E-state index contributed by atoms with van der Waals surface area (Å²) in [5, 5.41) is 0.346. The molecule has 0 saturated heterocycles. The van der Waals surface area contributed by atoms with Crippen LogP contribution in [-0.2, 0) is 4.79 Å². The number of carbonyl (C=O) groups excluding carboxylic acids is 2. The second kappa shape index (κ2) is 7.50. The van der Waals surface area contributed by atoms with E-state index >= 15 is 0 Å². The van der Waals surface area contributed by atoms with Crippen molar-refractivity contribution in [1.82, 2.24) is 4.90 Å². The van der Waals surface area contributed by atoms with Crippen molar-refractivity contribution in [3.05, 3.63) is 33.3 Å². The number of rotatable bonds is 6. The first-order chi connectivity index (χ1) is 8.97. The summed E-state index contributed by atoms with van der Waals surface area (Å²) in [5.74, 6) is -0.811. The molecule has 0 aliphatic carbocycles. The van der Waals surface area contributed by atoms with Gasteiger partial charge >= 0.3 is 0 Å². The van der Waals surface area contributed by atoms with Crippen LogP contribution in [0.4, 0.5) is 0 Å². The SMILES string of the molecule is CCCCN(CC(N)=O)C(=O)c1cccc(Br)c1Cl. The van der Waals surface area contributed by atoms with Crippen LogP contribution in [0, 0.1) is 0 Å². The summed E-state index contributed by atoms with van der Waals surface area (Å²) in [6, 6.07) is 5.12. The van der Waals surface area contributed by atoms with Crippen molar-refractivity contribution in [3.63, 3.8) is 0 Å². The number of nitrogens with two attached hydrogens (primary N) is 1. The van der Waals surface area contributed by atoms with E-state index in [0.29, 0.717) is 21.6 Å². The van der Waals surface area contributed by atoms with Gasteiger partial charge < -0.3 is 10.6 Å². The van der Waals surface area contributed by atoms with Crippen molar-refractivity contribution in [3.8, 4) is 0 Å². The molecule has 0 radical (unpaired) electrons. The summed E-state index contributed by atoms with van der Waals surface area (Å²) in [4.78, 5) is 24.8. The molecule has 1 rings (SSSR count). The molecule has 2 N–H and O–H groups in total. The molecule has 0 aliphatic rings. The number of carbonyl (C=O) groups is 2. The Morgan fingerprint density at radius 1 is 1.42 bits per heavy atom. The van der Waals surface area contributed by atoms with Crippen LogP contribution < -0.4 is 5.73 Å². The van der Waals surface area contributed by atoms with Gasteiger partial charge in [0.2, 0.25) is 5.91 Å². The molecule has 104 valence electrons. The largest absolute Gasteiger partial charge is 0.368 e. The van der Waals surface area contributed by atoms with Gasteiger partial charge in [-0.15, -0.1) is 0 Å². The van der Waals surface area contributed by atoms with Gasteiger partial charge in [0.25, 0.3) is 5.91 Å². The number of unbranched alkanes of at least 4 members (excludes halogenated alkanes) is 1. The molecule has 2 amide bonds. The first-order valence-corrected chi connectivity index (χ1v) is 7.16. The van der Waals surface area contributed by atoms with Gasteiger partial charge in [0.15, 0.2) is 0 Å². The Kier molecular flexibility index (Phi) is 6.31. The fraction of sp³-hybridized carbons (Fsp3) is 0.385. The molecule has 0 bridgehead atoms. The zero-order valence-electron chi connectivity index (χ0n) is 10.7. The Labute approximate surface area is 126 Å². The van der Waals surface area contributed by atoms with E-state index in [9.17, 15) is 9.59 Å².